The molecule has 2 atom stereocenters. The van der Waals surface area contributed by atoms with Gasteiger partial charge in [-0.25, -0.2) is 0 Å². The van der Waals surface area contributed by atoms with E-state index in [-0.39, 0.29) is 23.7 Å². The lowest BCUT2D eigenvalue weighted by Gasteiger charge is -2.11. The molecule has 0 saturated carbocycles. The second-order valence-electron chi connectivity index (χ2n) is 2.79. The van der Waals surface area contributed by atoms with E-state index in [1.165, 1.54) is 18.9 Å². The lowest BCUT2D eigenvalue weighted by atomic mass is 10.2. The number of carbonyl (C=O) groups excluding carboxylic acids is 1. The Morgan fingerprint density at radius 3 is 2.58 bits per heavy atom. The molecule has 0 aliphatic heterocycles. The average Bonchev–Trinajstić information content (AvgIpc) is 2.11. The molecule has 0 bridgehead atoms. The second-order valence-corrected chi connectivity index (χ2v) is 4.16. The highest BCUT2D eigenvalue weighted by molar-refractivity contribution is 8.00. The molecule has 12 heavy (non-hydrogen) atoms. The van der Waals surface area contributed by atoms with Gasteiger partial charge in [-0.1, -0.05) is 6.92 Å². The third-order valence-corrected chi connectivity index (χ3v) is 2.93. The first kappa shape index (κ1) is 11.8. The molecule has 0 amide bonds. The molecule has 4 heteroatoms. The molecule has 0 aromatic heterocycles. The van der Waals surface area contributed by atoms with Gasteiger partial charge in [-0.05, 0) is 18.6 Å². The summed E-state index contributed by atoms with van der Waals surface area (Å²) in [5, 5.41) is 8.58. The summed E-state index contributed by atoms with van der Waals surface area (Å²) in [5.74, 6) is 0.819. The molecule has 0 aliphatic carbocycles. The number of aliphatic hydroxyl groups is 1. The minimum absolute atomic E-state index is 0.135. The van der Waals surface area contributed by atoms with Gasteiger partial charge in [0.1, 0.15) is 0 Å². The molecule has 0 spiro atoms. The number of thioether (sulfide) groups is 1. The SMILES string of the molecule is COC(=O)C(C)SCC(C)CO. The van der Waals surface area contributed by atoms with Crippen LogP contribution in [0.2, 0.25) is 0 Å². The molecule has 0 saturated heterocycles. The maximum atomic E-state index is 10.9. The van der Waals surface area contributed by atoms with E-state index in [1.54, 1.807) is 6.92 Å². The monoisotopic (exact) mass is 192 g/mol. The molecule has 72 valence electrons. The van der Waals surface area contributed by atoms with Gasteiger partial charge in [0.25, 0.3) is 0 Å². The maximum Gasteiger partial charge on any atom is 0.318 e. The van der Waals surface area contributed by atoms with E-state index in [4.69, 9.17) is 5.11 Å². The Labute approximate surface area is 77.5 Å². The van der Waals surface area contributed by atoms with E-state index < -0.39 is 0 Å². The molecule has 1 N–H and O–H groups in total. The zero-order valence-electron chi connectivity index (χ0n) is 7.74. The van der Waals surface area contributed by atoms with Crippen LogP contribution in [0.5, 0.6) is 0 Å². The van der Waals surface area contributed by atoms with Gasteiger partial charge in [0.15, 0.2) is 0 Å². The standard InChI is InChI=1S/C8H16O3S/c1-6(4-9)5-12-7(2)8(10)11-3/h6-7,9H,4-5H2,1-3H3. The fraction of sp³-hybridized carbons (Fsp3) is 0.875. The summed E-state index contributed by atoms with van der Waals surface area (Å²) >= 11 is 1.51. The molecular formula is C8H16O3S. The van der Waals surface area contributed by atoms with Gasteiger partial charge < -0.3 is 9.84 Å². The van der Waals surface area contributed by atoms with Crippen molar-refractivity contribution in [2.24, 2.45) is 5.92 Å². The minimum Gasteiger partial charge on any atom is -0.468 e. The Kier molecular flexibility index (Phi) is 6.20. The van der Waals surface area contributed by atoms with Crippen molar-refractivity contribution in [3.05, 3.63) is 0 Å². The van der Waals surface area contributed by atoms with Crippen molar-refractivity contribution < 1.29 is 14.6 Å². The lowest BCUT2D eigenvalue weighted by molar-refractivity contribution is -0.139. The second kappa shape index (κ2) is 6.31. The first-order chi connectivity index (χ1) is 5.61. The summed E-state index contributed by atoms with van der Waals surface area (Å²) in [5.41, 5.74) is 0. The minimum atomic E-state index is -0.204. The smallest absolute Gasteiger partial charge is 0.318 e. The number of ether oxygens (including phenoxy) is 1. The summed E-state index contributed by atoms with van der Waals surface area (Å²) in [4.78, 5) is 10.9. The third kappa shape index (κ3) is 4.62. The quantitative estimate of drug-likeness (QED) is 0.658. The number of hydrogen-bond acceptors (Lipinski definition) is 4. The molecule has 0 aromatic carbocycles. The number of esters is 1. The Hall–Kier alpha value is -0.220. The number of carbonyl (C=O) groups is 1. The van der Waals surface area contributed by atoms with Crippen LogP contribution in [0.1, 0.15) is 13.8 Å². The van der Waals surface area contributed by atoms with Gasteiger partial charge in [0.05, 0.1) is 12.4 Å². The fourth-order valence-corrected chi connectivity index (χ4v) is 1.55. The van der Waals surface area contributed by atoms with Crippen molar-refractivity contribution in [2.45, 2.75) is 19.1 Å². The molecule has 0 radical (unpaired) electrons. The molecule has 0 rings (SSSR count). The summed E-state index contributed by atoms with van der Waals surface area (Å²) in [6.07, 6.45) is 0. The van der Waals surface area contributed by atoms with Crippen LogP contribution in [-0.4, -0.2) is 35.8 Å². The maximum absolute atomic E-state index is 10.9. The number of aliphatic hydroxyl groups excluding tert-OH is 1. The highest BCUT2D eigenvalue weighted by Crippen LogP contribution is 2.15. The molecule has 0 aliphatic rings. The number of rotatable bonds is 5. The Morgan fingerprint density at radius 1 is 1.58 bits per heavy atom. The largest absolute Gasteiger partial charge is 0.468 e. The van der Waals surface area contributed by atoms with Crippen LogP contribution in [0, 0.1) is 5.92 Å². The van der Waals surface area contributed by atoms with Crippen molar-refractivity contribution >= 4 is 17.7 Å². The van der Waals surface area contributed by atoms with Crippen molar-refractivity contribution in [1.82, 2.24) is 0 Å². The van der Waals surface area contributed by atoms with Crippen LogP contribution < -0.4 is 0 Å². The lowest BCUT2D eigenvalue weighted by Crippen LogP contribution is -2.17. The van der Waals surface area contributed by atoms with E-state index in [1.807, 2.05) is 6.92 Å². The van der Waals surface area contributed by atoms with Crippen molar-refractivity contribution in [3.63, 3.8) is 0 Å². The predicted molar refractivity (Wildman–Crippen MR) is 50.2 cm³/mol. The van der Waals surface area contributed by atoms with Gasteiger partial charge >= 0.3 is 5.97 Å². The van der Waals surface area contributed by atoms with Gasteiger partial charge in [-0.3, -0.25) is 4.79 Å². The molecule has 3 nitrogen and oxygen atoms in total. The van der Waals surface area contributed by atoms with E-state index in [0.29, 0.717) is 0 Å². The summed E-state index contributed by atoms with van der Waals surface area (Å²) in [6, 6.07) is 0. The van der Waals surface area contributed by atoms with Crippen LogP contribution in [0.3, 0.4) is 0 Å². The van der Waals surface area contributed by atoms with E-state index in [9.17, 15) is 4.79 Å². The molecule has 0 fully saturated rings. The highest BCUT2D eigenvalue weighted by Gasteiger charge is 2.14. The van der Waals surface area contributed by atoms with Gasteiger partial charge in [-0.2, -0.15) is 0 Å². The zero-order valence-corrected chi connectivity index (χ0v) is 8.56. The number of hydrogen-bond donors (Lipinski definition) is 1. The van der Waals surface area contributed by atoms with Gasteiger partial charge in [0.2, 0.25) is 0 Å². The van der Waals surface area contributed by atoms with Crippen molar-refractivity contribution in [2.75, 3.05) is 19.5 Å². The van der Waals surface area contributed by atoms with Crippen LogP contribution in [0.25, 0.3) is 0 Å². The first-order valence-corrected chi connectivity index (χ1v) is 4.97. The van der Waals surface area contributed by atoms with Crippen molar-refractivity contribution in [3.8, 4) is 0 Å². The molecule has 0 aromatic rings. The average molecular weight is 192 g/mol. The van der Waals surface area contributed by atoms with E-state index in [0.717, 1.165) is 5.75 Å². The van der Waals surface area contributed by atoms with Crippen LogP contribution in [0.15, 0.2) is 0 Å². The fourth-order valence-electron chi connectivity index (χ4n) is 0.595. The zero-order chi connectivity index (χ0) is 9.56. The highest BCUT2D eigenvalue weighted by atomic mass is 32.2. The van der Waals surface area contributed by atoms with Crippen LogP contribution >= 0.6 is 11.8 Å². The predicted octanol–water partition coefficient (Wildman–Crippen LogP) is 0.909. The normalized spacial score (nSPS) is 15.3. The third-order valence-electron chi connectivity index (χ3n) is 1.48. The van der Waals surface area contributed by atoms with Crippen molar-refractivity contribution in [1.29, 1.82) is 0 Å². The topological polar surface area (TPSA) is 46.5 Å². The summed E-state index contributed by atoms with van der Waals surface area (Å²) in [7, 11) is 1.38. The molecular weight excluding hydrogens is 176 g/mol. The summed E-state index contributed by atoms with van der Waals surface area (Å²) in [6.45, 7) is 3.92. The van der Waals surface area contributed by atoms with E-state index in [2.05, 4.69) is 4.74 Å². The first-order valence-electron chi connectivity index (χ1n) is 3.92. The van der Waals surface area contributed by atoms with Gasteiger partial charge in [0, 0.05) is 6.61 Å². The van der Waals surface area contributed by atoms with E-state index >= 15 is 0 Å². The van der Waals surface area contributed by atoms with Crippen LogP contribution in [0.4, 0.5) is 0 Å². The summed E-state index contributed by atoms with van der Waals surface area (Å²) < 4.78 is 4.56. The number of methoxy groups -OCH3 is 1. The molecule has 0 heterocycles. The Balaban J connectivity index is 3.56. The Morgan fingerprint density at radius 2 is 2.17 bits per heavy atom. The van der Waals surface area contributed by atoms with Gasteiger partial charge in [-0.15, -0.1) is 11.8 Å². The van der Waals surface area contributed by atoms with Crippen LogP contribution in [-0.2, 0) is 9.53 Å². The Bertz CT molecular complexity index is 138. The molecule has 2 unspecified atom stereocenters.